The summed E-state index contributed by atoms with van der Waals surface area (Å²) in [6.07, 6.45) is 2.22. The average Bonchev–Trinajstić information content (AvgIpc) is 2.91. The van der Waals surface area contributed by atoms with E-state index in [1.54, 1.807) is 0 Å². The predicted octanol–water partition coefficient (Wildman–Crippen LogP) is 4.76. The Morgan fingerprint density at radius 1 is 1.14 bits per heavy atom. The van der Waals surface area contributed by atoms with E-state index in [1.807, 2.05) is 0 Å². The lowest BCUT2D eigenvalue weighted by molar-refractivity contribution is 0.456. The highest BCUT2D eigenvalue weighted by Gasteiger charge is 2.26. The van der Waals surface area contributed by atoms with Crippen molar-refractivity contribution in [3.05, 3.63) is 47.5 Å². The number of alkyl halides is 1. The van der Waals surface area contributed by atoms with E-state index in [0.717, 1.165) is 36.4 Å². The van der Waals surface area contributed by atoms with Crippen LogP contribution in [0.4, 0.5) is 0 Å². The highest BCUT2D eigenvalue weighted by Crippen LogP contribution is 2.33. The van der Waals surface area contributed by atoms with Crippen LogP contribution in [0.3, 0.4) is 0 Å². The van der Waals surface area contributed by atoms with Crippen LogP contribution in [-0.2, 0) is 11.9 Å². The highest BCUT2D eigenvalue weighted by molar-refractivity contribution is 9.08. The Morgan fingerprint density at radius 2 is 1.86 bits per heavy atom. The Hall–Kier alpha value is -1.16. The summed E-state index contributed by atoms with van der Waals surface area (Å²) < 4.78 is 2.29. The first-order chi connectivity index (χ1) is 10.2. The van der Waals surface area contributed by atoms with Crippen LogP contribution in [0.25, 0.3) is 0 Å². The van der Waals surface area contributed by atoms with Crippen molar-refractivity contribution >= 4 is 15.9 Å². The van der Waals surface area contributed by atoms with Crippen LogP contribution < -0.4 is 0 Å². The Morgan fingerprint density at radius 3 is 2.43 bits per heavy atom. The van der Waals surface area contributed by atoms with Crippen molar-refractivity contribution in [1.82, 2.24) is 14.8 Å². The molecule has 0 saturated carbocycles. The summed E-state index contributed by atoms with van der Waals surface area (Å²) in [7, 11) is 0. The normalized spacial score (nSPS) is 14.1. The molecule has 0 radical (unpaired) electrons. The SMILES string of the molecule is CCCn1c(CBr)nnc1C(c1ccccc1)C(C)CC. The maximum absolute atomic E-state index is 4.53. The monoisotopic (exact) mass is 349 g/mol. The van der Waals surface area contributed by atoms with Crippen molar-refractivity contribution in [2.45, 2.75) is 51.4 Å². The van der Waals surface area contributed by atoms with Crippen molar-refractivity contribution in [2.24, 2.45) is 5.92 Å². The molecule has 2 rings (SSSR count). The average molecular weight is 350 g/mol. The van der Waals surface area contributed by atoms with Gasteiger partial charge in [0.05, 0.1) is 5.33 Å². The standard InChI is InChI=1S/C17H24BrN3/c1-4-11-21-15(12-18)19-20-17(21)16(13(3)5-2)14-9-7-6-8-10-14/h6-10,13,16H,4-5,11-12H2,1-3H3. The minimum Gasteiger partial charge on any atom is -0.314 e. The molecule has 1 aromatic carbocycles. The van der Waals surface area contributed by atoms with Crippen LogP contribution in [0.1, 0.15) is 56.7 Å². The lowest BCUT2D eigenvalue weighted by Crippen LogP contribution is -2.17. The van der Waals surface area contributed by atoms with E-state index in [4.69, 9.17) is 0 Å². The number of nitrogens with zero attached hydrogens (tertiary/aromatic N) is 3. The molecule has 114 valence electrons. The zero-order chi connectivity index (χ0) is 15.2. The molecule has 3 nitrogen and oxygen atoms in total. The smallest absolute Gasteiger partial charge is 0.143 e. The summed E-state index contributed by atoms with van der Waals surface area (Å²) in [5.74, 6) is 2.97. The van der Waals surface area contributed by atoms with Gasteiger partial charge in [0, 0.05) is 12.5 Å². The Labute approximate surface area is 135 Å². The van der Waals surface area contributed by atoms with Crippen molar-refractivity contribution < 1.29 is 0 Å². The van der Waals surface area contributed by atoms with Gasteiger partial charge in [-0.15, -0.1) is 10.2 Å². The molecule has 0 spiro atoms. The van der Waals surface area contributed by atoms with Gasteiger partial charge in [0.15, 0.2) is 0 Å². The number of benzene rings is 1. The molecular weight excluding hydrogens is 326 g/mol. The second-order valence-electron chi connectivity index (χ2n) is 5.53. The second-order valence-corrected chi connectivity index (χ2v) is 6.09. The van der Waals surface area contributed by atoms with E-state index in [2.05, 4.69) is 81.8 Å². The first-order valence-electron chi connectivity index (χ1n) is 7.75. The topological polar surface area (TPSA) is 30.7 Å². The Balaban J connectivity index is 2.49. The predicted molar refractivity (Wildman–Crippen MR) is 90.7 cm³/mol. The molecule has 0 aliphatic carbocycles. The lowest BCUT2D eigenvalue weighted by Gasteiger charge is -2.24. The third-order valence-corrected chi connectivity index (χ3v) is 4.57. The fourth-order valence-corrected chi connectivity index (χ4v) is 3.19. The minimum absolute atomic E-state index is 0.308. The molecule has 0 saturated heterocycles. The van der Waals surface area contributed by atoms with E-state index < -0.39 is 0 Å². The highest BCUT2D eigenvalue weighted by atomic mass is 79.9. The molecule has 2 atom stereocenters. The summed E-state index contributed by atoms with van der Waals surface area (Å²) in [6, 6.07) is 10.7. The van der Waals surface area contributed by atoms with Gasteiger partial charge in [-0.3, -0.25) is 0 Å². The third-order valence-electron chi connectivity index (χ3n) is 4.07. The van der Waals surface area contributed by atoms with Gasteiger partial charge in [-0.1, -0.05) is 73.5 Å². The van der Waals surface area contributed by atoms with Gasteiger partial charge in [0.25, 0.3) is 0 Å². The Kier molecular flexibility index (Phi) is 5.97. The van der Waals surface area contributed by atoms with E-state index >= 15 is 0 Å². The molecule has 0 amide bonds. The lowest BCUT2D eigenvalue weighted by atomic mass is 9.85. The molecule has 2 unspecified atom stereocenters. The molecule has 4 heteroatoms. The number of hydrogen-bond donors (Lipinski definition) is 0. The van der Waals surface area contributed by atoms with E-state index in [-0.39, 0.29) is 0 Å². The van der Waals surface area contributed by atoms with Gasteiger partial charge < -0.3 is 4.57 Å². The quantitative estimate of drug-likeness (QED) is 0.674. The van der Waals surface area contributed by atoms with Gasteiger partial charge >= 0.3 is 0 Å². The van der Waals surface area contributed by atoms with E-state index in [9.17, 15) is 0 Å². The minimum atomic E-state index is 0.308. The number of hydrogen-bond acceptors (Lipinski definition) is 2. The molecule has 2 aromatic rings. The van der Waals surface area contributed by atoms with Crippen molar-refractivity contribution in [2.75, 3.05) is 0 Å². The number of halogens is 1. The summed E-state index contributed by atoms with van der Waals surface area (Å²) in [5.41, 5.74) is 1.33. The second kappa shape index (κ2) is 7.74. The zero-order valence-electron chi connectivity index (χ0n) is 13.1. The van der Waals surface area contributed by atoms with Crippen molar-refractivity contribution in [3.63, 3.8) is 0 Å². The molecule has 0 aliphatic rings. The maximum Gasteiger partial charge on any atom is 0.143 e. The molecule has 1 heterocycles. The van der Waals surface area contributed by atoms with Crippen LogP contribution >= 0.6 is 15.9 Å². The van der Waals surface area contributed by atoms with E-state index in [0.29, 0.717) is 11.8 Å². The van der Waals surface area contributed by atoms with Gasteiger partial charge in [-0.2, -0.15) is 0 Å². The van der Waals surface area contributed by atoms with Crippen LogP contribution in [0.15, 0.2) is 30.3 Å². The fraction of sp³-hybridized carbons (Fsp3) is 0.529. The first kappa shape index (κ1) is 16.2. The van der Waals surface area contributed by atoms with Crippen molar-refractivity contribution in [1.29, 1.82) is 0 Å². The maximum atomic E-state index is 4.53. The van der Waals surface area contributed by atoms with Crippen LogP contribution in [0.5, 0.6) is 0 Å². The van der Waals surface area contributed by atoms with Crippen LogP contribution in [0, 0.1) is 5.92 Å². The molecule has 0 bridgehead atoms. The molecule has 21 heavy (non-hydrogen) atoms. The molecule has 0 aliphatic heterocycles. The van der Waals surface area contributed by atoms with Gasteiger partial charge in [-0.25, -0.2) is 0 Å². The van der Waals surface area contributed by atoms with Gasteiger partial charge in [0.2, 0.25) is 0 Å². The molecule has 1 aromatic heterocycles. The first-order valence-corrected chi connectivity index (χ1v) is 8.87. The number of rotatable bonds is 7. The molecule has 0 N–H and O–H groups in total. The molecule has 0 fully saturated rings. The number of aromatic nitrogens is 3. The van der Waals surface area contributed by atoms with Crippen molar-refractivity contribution in [3.8, 4) is 0 Å². The van der Waals surface area contributed by atoms with Crippen LogP contribution in [0.2, 0.25) is 0 Å². The molecular formula is C17H24BrN3. The summed E-state index contributed by atoms with van der Waals surface area (Å²) >= 11 is 3.53. The van der Waals surface area contributed by atoms with Gasteiger partial charge in [0.1, 0.15) is 11.6 Å². The summed E-state index contributed by atoms with van der Waals surface area (Å²) in [4.78, 5) is 0. The summed E-state index contributed by atoms with van der Waals surface area (Å²) in [5, 5.41) is 9.67. The Bertz CT molecular complexity index is 550. The third kappa shape index (κ3) is 3.54. The largest absolute Gasteiger partial charge is 0.314 e. The fourth-order valence-electron chi connectivity index (χ4n) is 2.77. The van der Waals surface area contributed by atoms with Crippen LogP contribution in [-0.4, -0.2) is 14.8 Å². The van der Waals surface area contributed by atoms with E-state index in [1.165, 1.54) is 5.56 Å². The van der Waals surface area contributed by atoms with Gasteiger partial charge in [-0.05, 0) is 17.9 Å². The summed E-state index contributed by atoms with van der Waals surface area (Å²) in [6.45, 7) is 7.72. The zero-order valence-corrected chi connectivity index (χ0v) is 14.7.